The first-order valence-electron chi connectivity index (χ1n) is 8.82. The molecule has 0 bridgehead atoms. The molecule has 1 amide bonds. The van der Waals surface area contributed by atoms with Gasteiger partial charge in [0.05, 0.1) is 18.1 Å². The van der Waals surface area contributed by atoms with Crippen LogP contribution >= 0.6 is 0 Å². The largest absolute Gasteiger partial charge is 0.450 e. The number of carbonyl (C=O) groups is 1. The third-order valence-corrected chi connectivity index (χ3v) is 6.58. The Morgan fingerprint density at radius 3 is 2.69 bits per heavy atom. The van der Waals surface area contributed by atoms with Crippen LogP contribution in [-0.4, -0.2) is 86.8 Å². The summed E-state index contributed by atoms with van der Waals surface area (Å²) in [5.74, 6) is 1.68. The van der Waals surface area contributed by atoms with E-state index in [4.69, 9.17) is 4.74 Å². The fourth-order valence-electron chi connectivity index (χ4n) is 3.26. The summed E-state index contributed by atoms with van der Waals surface area (Å²) < 4.78 is 28.4. The maximum Gasteiger partial charge on any atom is 0.409 e. The third-order valence-electron chi connectivity index (χ3n) is 4.83. The summed E-state index contributed by atoms with van der Waals surface area (Å²) in [4.78, 5) is 26.3. The van der Waals surface area contributed by atoms with Crippen LogP contribution in [-0.2, 0) is 14.6 Å². The van der Waals surface area contributed by atoms with Gasteiger partial charge < -0.3 is 19.4 Å². The highest BCUT2D eigenvalue weighted by Crippen LogP contribution is 2.22. The van der Waals surface area contributed by atoms with Gasteiger partial charge in [0.1, 0.15) is 5.82 Å². The molecule has 0 N–H and O–H groups in total. The first-order chi connectivity index (χ1) is 12.4. The van der Waals surface area contributed by atoms with E-state index in [9.17, 15) is 13.2 Å². The number of amides is 1. The Balaban J connectivity index is 1.64. The molecule has 2 aliphatic rings. The van der Waals surface area contributed by atoms with Gasteiger partial charge in [-0.15, -0.1) is 0 Å². The van der Waals surface area contributed by atoms with Gasteiger partial charge in [0, 0.05) is 45.5 Å². The van der Waals surface area contributed by atoms with E-state index in [0.717, 1.165) is 5.82 Å². The van der Waals surface area contributed by atoms with E-state index in [1.165, 1.54) is 0 Å². The molecule has 2 aliphatic heterocycles. The number of hydrogen-bond donors (Lipinski definition) is 0. The first-order valence-corrected chi connectivity index (χ1v) is 10.6. The quantitative estimate of drug-likeness (QED) is 0.736. The lowest BCUT2D eigenvalue weighted by atomic mass is 10.2. The second-order valence-corrected chi connectivity index (χ2v) is 8.78. The normalized spacial score (nSPS) is 22.3. The summed E-state index contributed by atoms with van der Waals surface area (Å²) in [5.41, 5.74) is 0. The summed E-state index contributed by atoms with van der Waals surface area (Å²) in [6, 6.07) is 1.75. The molecule has 0 saturated carbocycles. The van der Waals surface area contributed by atoms with Crippen LogP contribution < -0.4 is 9.80 Å². The Labute approximate surface area is 153 Å². The fraction of sp³-hybridized carbons (Fsp3) is 0.688. The van der Waals surface area contributed by atoms with Crippen molar-refractivity contribution in [3.8, 4) is 0 Å². The molecule has 26 heavy (non-hydrogen) atoms. The molecule has 1 aromatic rings. The van der Waals surface area contributed by atoms with Gasteiger partial charge in [0.2, 0.25) is 5.95 Å². The minimum absolute atomic E-state index is 0.0871. The van der Waals surface area contributed by atoms with Crippen LogP contribution in [0.1, 0.15) is 13.3 Å². The highest BCUT2D eigenvalue weighted by atomic mass is 32.2. The van der Waals surface area contributed by atoms with E-state index in [2.05, 4.69) is 14.9 Å². The lowest BCUT2D eigenvalue weighted by Gasteiger charge is -2.35. The van der Waals surface area contributed by atoms with E-state index < -0.39 is 9.84 Å². The Morgan fingerprint density at radius 1 is 1.35 bits per heavy atom. The highest BCUT2D eigenvalue weighted by molar-refractivity contribution is 7.91. The zero-order valence-corrected chi connectivity index (χ0v) is 16.0. The van der Waals surface area contributed by atoms with Crippen LogP contribution in [0, 0.1) is 0 Å². The molecule has 144 valence electrons. The summed E-state index contributed by atoms with van der Waals surface area (Å²) in [6.07, 6.45) is 2.01. The van der Waals surface area contributed by atoms with E-state index in [0.29, 0.717) is 45.2 Å². The van der Waals surface area contributed by atoms with Crippen LogP contribution in [0.2, 0.25) is 0 Å². The zero-order valence-electron chi connectivity index (χ0n) is 15.2. The second kappa shape index (κ2) is 7.65. The number of sulfone groups is 1. The lowest BCUT2D eigenvalue weighted by molar-refractivity contribution is 0.105. The smallest absolute Gasteiger partial charge is 0.409 e. The molecule has 3 rings (SSSR count). The number of carbonyl (C=O) groups excluding carboxylic acids is 1. The van der Waals surface area contributed by atoms with Crippen LogP contribution in [0.5, 0.6) is 0 Å². The molecule has 10 heteroatoms. The summed E-state index contributed by atoms with van der Waals surface area (Å²) >= 11 is 0. The predicted octanol–water partition coefficient (Wildman–Crippen LogP) is 0.378. The van der Waals surface area contributed by atoms with Gasteiger partial charge in [-0.1, -0.05) is 0 Å². The van der Waals surface area contributed by atoms with Gasteiger partial charge >= 0.3 is 6.09 Å². The van der Waals surface area contributed by atoms with Crippen LogP contribution in [0.15, 0.2) is 12.3 Å². The molecule has 0 spiro atoms. The van der Waals surface area contributed by atoms with Crippen molar-refractivity contribution in [3.05, 3.63) is 12.3 Å². The third kappa shape index (κ3) is 4.17. The van der Waals surface area contributed by atoms with Crippen LogP contribution in [0.25, 0.3) is 0 Å². The van der Waals surface area contributed by atoms with E-state index in [1.54, 1.807) is 18.0 Å². The fourth-order valence-corrected chi connectivity index (χ4v) is 5.04. The van der Waals surface area contributed by atoms with Gasteiger partial charge in [0.15, 0.2) is 9.84 Å². The number of rotatable bonds is 4. The zero-order chi connectivity index (χ0) is 18.7. The van der Waals surface area contributed by atoms with Crippen molar-refractivity contribution in [1.29, 1.82) is 0 Å². The Morgan fingerprint density at radius 2 is 2.08 bits per heavy atom. The summed E-state index contributed by atoms with van der Waals surface area (Å²) in [5, 5.41) is 0. The monoisotopic (exact) mass is 383 g/mol. The molecule has 2 saturated heterocycles. The standard InChI is InChI=1S/C16H25N5O4S/c1-3-25-16(22)21-9-7-20(8-10-21)14-4-6-17-15(18-14)19(2)13-5-11-26(23,24)12-13/h4,6,13H,3,5,7-12H2,1-2H3. The molecule has 9 nitrogen and oxygen atoms in total. The van der Waals surface area contributed by atoms with Crippen molar-refractivity contribution in [2.45, 2.75) is 19.4 Å². The molecule has 1 unspecified atom stereocenters. The van der Waals surface area contributed by atoms with Gasteiger partial charge in [-0.05, 0) is 19.4 Å². The minimum Gasteiger partial charge on any atom is -0.450 e. The summed E-state index contributed by atoms with van der Waals surface area (Å²) in [7, 11) is -1.12. The van der Waals surface area contributed by atoms with Gasteiger partial charge in [0.25, 0.3) is 0 Å². The molecule has 3 heterocycles. The average Bonchev–Trinajstić information content (AvgIpc) is 3.01. The average molecular weight is 383 g/mol. The van der Waals surface area contributed by atoms with Crippen molar-refractivity contribution in [3.63, 3.8) is 0 Å². The number of anilines is 2. The first kappa shape index (κ1) is 18.7. The number of hydrogen-bond acceptors (Lipinski definition) is 8. The van der Waals surface area contributed by atoms with Crippen LogP contribution in [0.3, 0.4) is 0 Å². The SMILES string of the molecule is CCOC(=O)N1CCN(c2ccnc(N(C)C3CCS(=O)(=O)C3)n2)CC1. The molecular formula is C16H25N5O4S. The maximum atomic E-state index is 11.8. The Hall–Kier alpha value is -2.10. The predicted molar refractivity (Wildman–Crippen MR) is 98.3 cm³/mol. The summed E-state index contributed by atoms with van der Waals surface area (Å²) in [6.45, 7) is 4.65. The topological polar surface area (TPSA) is 95.9 Å². The van der Waals surface area contributed by atoms with Crippen molar-refractivity contribution < 1.29 is 17.9 Å². The number of piperazine rings is 1. The molecule has 0 aliphatic carbocycles. The molecule has 1 aromatic heterocycles. The Bertz CT molecular complexity index is 749. The van der Waals surface area contributed by atoms with E-state index >= 15 is 0 Å². The Kier molecular flexibility index (Phi) is 5.49. The highest BCUT2D eigenvalue weighted by Gasteiger charge is 2.32. The maximum absolute atomic E-state index is 11.8. The molecule has 0 radical (unpaired) electrons. The molecule has 2 fully saturated rings. The van der Waals surface area contributed by atoms with E-state index in [1.807, 2.05) is 18.0 Å². The van der Waals surface area contributed by atoms with E-state index in [-0.39, 0.29) is 23.6 Å². The molecule has 0 aromatic carbocycles. The van der Waals surface area contributed by atoms with Crippen molar-refractivity contribution in [2.75, 3.05) is 61.1 Å². The van der Waals surface area contributed by atoms with Crippen LogP contribution in [0.4, 0.5) is 16.6 Å². The second-order valence-electron chi connectivity index (χ2n) is 6.56. The van der Waals surface area contributed by atoms with Gasteiger partial charge in [-0.3, -0.25) is 0 Å². The molecule has 1 atom stereocenters. The van der Waals surface area contributed by atoms with Gasteiger partial charge in [-0.25, -0.2) is 18.2 Å². The van der Waals surface area contributed by atoms with Crippen molar-refractivity contribution >= 4 is 27.7 Å². The molecular weight excluding hydrogens is 358 g/mol. The van der Waals surface area contributed by atoms with Crippen molar-refractivity contribution in [1.82, 2.24) is 14.9 Å². The number of nitrogens with zero attached hydrogens (tertiary/aromatic N) is 5. The number of ether oxygens (including phenoxy) is 1. The lowest BCUT2D eigenvalue weighted by Crippen LogP contribution is -2.49. The van der Waals surface area contributed by atoms with Gasteiger partial charge in [-0.2, -0.15) is 4.98 Å². The number of aromatic nitrogens is 2. The minimum atomic E-state index is -2.96. The van der Waals surface area contributed by atoms with Crippen molar-refractivity contribution in [2.24, 2.45) is 0 Å².